The summed E-state index contributed by atoms with van der Waals surface area (Å²) in [7, 11) is 0. The van der Waals surface area contributed by atoms with E-state index in [0.717, 1.165) is 49.4 Å². The van der Waals surface area contributed by atoms with E-state index in [1.165, 1.54) is 0 Å². The Hall–Kier alpha value is -0.510. The highest BCUT2D eigenvalue weighted by atomic mass is 127. The molecule has 0 saturated heterocycles. The SMILES string of the molecule is CCNC(=NCCCc1nnc(SC)n1CC(C)C)NC(C)C.I. The molecule has 0 aliphatic heterocycles. The van der Waals surface area contributed by atoms with Gasteiger partial charge < -0.3 is 15.2 Å². The van der Waals surface area contributed by atoms with Gasteiger partial charge in [0.15, 0.2) is 11.1 Å². The Bertz CT molecular complexity index is 487. The number of nitrogens with one attached hydrogen (secondary N) is 2. The lowest BCUT2D eigenvalue weighted by Gasteiger charge is -2.14. The van der Waals surface area contributed by atoms with Crippen LogP contribution in [0.3, 0.4) is 0 Å². The second kappa shape index (κ2) is 12.8. The van der Waals surface area contributed by atoms with E-state index in [1.54, 1.807) is 11.8 Å². The van der Waals surface area contributed by atoms with Crippen molar-refractivity contribution in [3.63, 3.8) is 0 Å². The summed E-state index contributed by atoms with van der Waals surface area (Å²) < 4.78 is 2.25. The smallest absolute Gasteiger partial charge is 0.191 e. The predicted molar refractivity (Wildman–Crippen MR) is 115 cm³/mol. The minimum absolute atomic E-state index is 0. The first kappa shape index (κ1) is 23.5. The van der Waals surface area contributed by atoms with Crippen molar-refractivity contribution in [2.45, 2.75) is 65.2 Å². The van der Waals surface area contributed by atoms with Crippen LogP contribution in [0.25, 0.3) is 0 Å². The fourth-order valence-corrected chi connectivity index (χ4v) is 2.75. The Morgan fingerprint density at radius 1 is 1.25 bits per heavy atom. The molecule has 1 rings (SSSR count). The molecular formula is C16H33IN6S. The lowest BCUT2D eigenvalue weighted by Crippen LogP contribution is -2.41. The Kier molecular flexibility index (Phi) is 12.5. The topological polar surface area (TPSA) is 67.1 Å². The van der Waals surface area contributed by atoms with E-state index in [9.17, 15) is 0 Å². The van der Waals surface area contributed by atoms with E-state index < -0.39 is 0 Å². The van der Waals surface area contributed by atoms with Crippen molar-refractivity contribution in [3.8, 4) is 0 Å². The largest absolute Gasteiger partial charge is 0.357 e. The Morgan fingerprint density at radius 3 is 2.50 bits per heavy atom. The summed E-state index contributed by atoms with van der Waals surface area (Å²) in [5.74, 6) is 2.54. The van der Waals surface area contributed by atoms with E-state index in [1.807, 2.05) is 0 Å². The predicted octanol–water partition coefficient (Wildman–Crippen LogP) is 3.17. The maximum Gasteiger partial charge on any atom is 0.191 e. The molecule has 24 heavy (non-hydrogen) atoms. The zero-order chi connectivity index (χ0) is 17.2. The molecule has 0 saturated carbocycles. The monoisotopic (exact) mass is 468 g/mol. The van der Waals surface area contributed by atoms with Crippen molar-refractivity contribution in [2.75, 3.05) is 19.3 Å². The van der Waals surface area contributed by atoms with E-state index in [0.29, 0.717) is 12.0 Å². The van der Waals surface area contributed by atoms with Crippen molar-refractivity contribution in [1.82, 2.24) is 25.4 Å². The first-order chi connectivity index (χ1) is 11.0. The average Bonchev–Trinajstić information content (AvgIpc) is 2.84. The fourth-order valence-electron chi connectivity index (χ4n) is 2.22. The first-order valence-corrected chi connectivity index (χ1v) is 9.71. The van der Waals surface area contributed by atoms with Gasteiger partial charge in [-0.3, -0.25) is 4.99 Å². The number of nitrogens with zero attached hydrogens (tertiary/aromatic N) is 4. The van der Waals surface area contributed by atoms with Crippen LogP contribution >= 0.6 is 35.7 Å². The van der Waals surface area contributed by atoms with Gasteiger partial charge in [0, 0.05) is 32.1 Å². The number of aliphatic imine (C=N–C) groups is 1. The average molecular weight is 468 g/mol. The number of aryl methyl sites for hydroxylation is 1. The third kappa shape index (κ3) is 8.55. The second-order valence-corrected chi connectivity index (χ2v) is 7.04. The highest BCUT2D eigenvalue weighted by Gasteiger charge is 2.12. The third-order valence-corrected chi connectivity index (χ3v) is 3.79. The first-order valence-electron chi connectivity index (χ1n) is 8.48. The molecule has 1 heterocycles. The molecule has 2 N–H and O–H groups in total. The molecule has 0 bridgehead atoms. The molecule has 0 spiro atoms. The van der Waals surface area contributed by atoms with Crippen LogP contribution in [0.5, 0.6) is 0 Å². The lowest BCUT2D eigenvalue weighted by molar-refractivity contribution is 0.477. The van der Waals surface area contributed by atoms with Gasteiger partial charge in [-0.25, -0.2) is 0 Å². The molecule has 1 aromatic heterocycles. The van der Waals surface area contributed by atoms with Crippen molar-refractivity contribution in [2.24, 2.45) is 10.9 Å². The molecular weight excluding hydrogens is 435 g/mol. The van der Waals surface area contributed by atoms with Crippen LogP contribution in [0.4, 0.5) is 0 Å². The molecule has 0 aliphatic carbocycles. The summed E-state index contributed by atoms with van der Waals surface area (Å²) in [5, 5.41) is 16.2. The van der Waals surface area contributed by atoms with Crippen LogP contribution in [-0.4, -0.2) is 46.1 Å². The van der Waals surface area contributed by atoms with Gasteiger partial charge in [-0.1, -0.05) is 25.6 Å². The number of thioether (sulfide) groups is 1. The second-order valence-electron chi connectivity index (χ2n) is 6.27. The summed E-state index contributed by atoms with van der Waals surface area (Å²) >= 11 is 1.66. The van der Waals surface area contributed by atoms with Crippen LogP contribution in [0, 0.1) is 5.92 Å². The molecule has 0 unspecified atom stereocenters. The molecule has 0 fully saturated rings. The Balaban J connectivity index is 0.00000529. The van der Waals surface area contributed by atoms with Gasteiger partial charge >= 0.3 is 0 Å². The summed E-state index contributed by atoms with van der Waals surface area (Å²) in [6.45, 7) is 13.4. The molecule has 0 amide bonds. The summed E-state index contributed by atoms with van der Waals surface area (Å²) in [6, 6.07) is 0.381. The van der Waals surface area contributed by atoms with Crippen molar-refractivity contribution >= 4 is 41.7 Å². The highest BCUT2D eigenvalue weighted by Crippen LogP contribution is 2.16. The Morgan fingerprint density at radius 2 is 1.96 bits per heavy atom. The van der Waals surface area contributed by atoms with Gasteiger partial charge in [0.05, 0.1) is 0 Å². The van der Waals surface area contributed by atoms with Gasteiger partial charge in [-0.15, -0.1) is 34.2 Å². The lowest BCUT2D eigenvalue weighted by atomic mass is 10.2. The van der Waals surface area contributed by atoms with Crippen LogP contribution in [0.15, 0.2) is 10.1 Å². The van der Waals surface area contributed by atoms with Crippen LogP contribution in [0.1, 0.15) is 46.9 Å². The van der Waals surface area contributed by atoms with Gasteiger partial charge in [-0.05, 0) is 39.4 Å². The van der Waals surface area contributed by atoms with Crippen molar-refractivity contribution in [3.05, 3.63) is 5.82 Å². The van der Waals surface area contributed by atoms with Gasteiger partial charge in [0.2, 0.25) is 0 Å². The van der Waals surface area contributed by atoms with Gasteiger partial charge in [0.1, 0.15) is 5.82 Å². The molecule has 1 aromatic rings. The van der Waals surface area contributed by atoms with Crippen LogP contribution in [0.2, 0.25) is 0 Å². The minimum atomic E-state index is 0. The fraction of sp³-hybridized carbons (Fsp3) is 0.812. The molecule has 6 nitrogen and oxygen atoms in total. The Labute approximate surface area is 168 Å². The molecule has 0 atom stereocenters. The number of hydrogen-bond donors (Lipinski definition) is 2. The molecule has 8 heteroatoms. The zero-order valence-electron chi connectivity index (χ0n) is 15.8. The molecule has 0 aromatic carbocycles. The van der Waals surface area contributed by atoms with Crippen molar-refractivity contribution < 1.29 is 0 Å². The molecule has 0 radical (unpaired) electrons. The number of aromatic nitrogens is 3. The number of rotatable bonds is 9. The van der Waals surface area contributed by atoms with Crippen LogP contribution in [-0.2, 0) is 13.0 Å². The van der Waals surface area contributed by atoms with Gasteiger partial charge in [-0.2, -0.15) is 0 Å². The number of hydrogen-bond acceptors (Lipinski definition) is 4. The highest BCUT2D eigenvalue weighted by molar-refractivity contribution is 14.0. The van der Waals surface area contributed by atoms with Gasteiger partial charge in [0.25, 0.3) is 0 Å². The molecule has 0 aliphatic rings. The maximum absolute atomic E-state index is 4.62. The summed E-state index contributed by atoms with van der Waals surface area (Å²) in [4.78, 5) is 4.62. The normalized spacial score (nSPS) is 11.8. The number of guanidine groups is 1. The third-order valence-electron chi connectivity index (χ3n) is 3.12. The number of halogens is 1. The van der Waals surface area contributed by atoms with E-state index >= 15 is 0 Å². The minimum Gasteiger partial charge on any atom is -0.357 e. The van der Waals surface area contributed by atoms with E-state index in [-0.39, 0.29) is 24.0 Å². The summed E-state index contributed by atoms with van der Waals surface area (Å²) in [5.41, 5.74) is 0. The van der Waals surface area contributed by atoms with E-state index in [4.69, 9.17) is 0 Å². The summed E-state index contributed by atoms with van der Waals surface area (Å²) in [6.07, 6.45) is 3.93. The van der Waals surface area contributed by atoms with Crippen molar-refractivity contribution in [1.29, 1.82) is 0 Å². The maximum atomic E-state index is 4.62. The standard InChI is InChI=1S/C16H32N6S.HI/c1-7-17-15(19-13(4)5)18-10-8-9-14-20-21-16(23-6)22(14)11-12(2)3;/h12-13H,7-11H2,1-6H3,(H2,17,18,19);1H. The van der Waals surface area contributed by atoms with Crippen LogP contribution < -0.4 is 10.6 Å². The van der Waals surface area contributed by atoms with E-state index in [2.05, 4.69) is 71.3 Å². The molecule has 140 valence electrons. The quantitative estimate of drug-likeness (QED) is 0.192. The zero-order valence-corrected chi connectivity index (χ0v) is 18.9.